The second kappa shape index (κ2) is 8.93. The summed E-state index contributed by atoms with van der Waals surface area (Å²) in [6.07, 6.45) is 0. The molecule has 1 atom stereocenters. The molecule has 1 aromatic heterocycles. The number of para-hydroxylation sites is 1. The van der Waals surface area contributed by atoms with Gasteiger partial charge in [0.15, 0.2) is 17.3 Å². The molecule has 0 bridgehead atoms. The number of hydrogen-bond acceptors (Lipinski definition) is 6. The molecule has 7 heteroatoms. The minimum atomic E-state index is -0.451. The third kappa shape index (κ3) is 4.04. The predicted molar refractivity (Wildman–Crippen MR) is 106 cm³/mol. The van der Waals surface area contributed by atoms with Gasteiger partial charge in [-0.2, -0.15) is 0 Å². The molecule has 0 aliphatic heterocycles. The molecule has 1 aromatic carbocycles. The average molecular weight is 388 g/mol. The van der Waals surface area contributed by atoms with Crippen LogP contribution in [0.5, 0.6) is 11.5 Å². The van der Waals surface area contributed by atoms with Gasteiger partial charge in [-0.3, -0.25) is 9.69 Å². The molecule has 0 fully saturated rings. The van der Waals surface area contributed by atoms with Gasteiger partial charge in [0, 0.05) is 17.8 Å². The van der Waals surface area contributed by atoms with Gasteiger partial charge >= 0.3 is 5.97 Å². The number of likely N-dealkylation sites (N-methyl/N-ethyl adjacent to an activating group) is 1. The molecule has 2 aromatic rings. The standard InChI is InChI=1S/C21H28N2O5/c1-12-17(21(25)28-7)13(2)22-18(12)19(24)14(3)23(4)11-15-9-8-10-16(26-5)20(15)27-6/h8-10,14,22H,11H2,1-7H3/t14-/m1/s1. The van der Waals surface area contributed by atoms with Gasteiger partial charge in [-0.25, -0.2) is 4.79 Å². The number of Topliss-reactive ketones (excluding diaryl/α,β-unsaturated/α-hetero) is 1. The Morgan fingerprint density at radius 1 is 1.14 bits per heavy atom. The monoisotopic (exact) mass is 388 g/mol. The van der Waals surface area contributed by atoms with Crippen molar-refractivity contribution in [2.75, 3.05) is 28.4 Å². The highest BCUT2D eigenvalue weighted by Crippen LogP contribution is 2.32. The van der Waals surface area contributed by atoms with E-state index in [1.165, 1.54) is 7.11 Å². The van der Waals surface area contributed by atoms with Crippen LogP contribution in [-0.2, 0) is 11.3 Å². The van der Waals surface area contributed by atoms with Crippen LogP contribution in [0.3, 0.4) is 0 Å². The van der Waals surface area contributed by atoms with Crippen molar-refractivity contribution in [2.45, 2.75) is 33.4 Å². The fourth-order valence-corrected chi connectivity index (χ4v) is 3.30. The molecule has 7 nitrogen and oxygen atoms in total. The number of carbonyl (C=O) groups excluding carboxylic acids is 2. The van der Waals surface area contributed by atoms with Crippen LogP contribution in [0, 0.1) is 13.8 Å². The smallest absolute Gasteiger partial charge is 0.339 e. The van der Waals surface area contributed by atoms with Crippen molar-refractivity contribution >= 4 is 11.8 Å². The van der Waals surface area contributed by atoms with E-state index in [4.69, 9.17) is 14.2 Å². The summed E-state index contributed by atoms with van der Waals surface area (Å²) >= 11 is 0. The first kappa shape index (κ1) is 21.5. The summed E-state index contributed by atoms with van der Waals surface area (Å²) in [6, 6.07) is 5.24. The number of ether oxygens (including phenoxy) is 3. The molecular formula is C21H28N2O5. The molecule has 2 rings (SSSR count). The zero-order valence-corrected chi connectivity index (χ0v) is 17.5. The highest BCUT2D eigenvalue weighted by atomic mass is 16.5. The summed E-state index contributed by atoms with van der Waals surface area (Å²) in [5.41, 5.74) is 2.98. The molecule has 152 valence electrons. The quantitative estimate of drug-likeness (QED) is 0.553. The largest absolute Gasteiger partial charge is 0.493 e. The van der Waals surface area contributed by atoms with Crippen molar-refractivity contribution in [3.8, 4) is 11.5 Å². The highest BCUT2D eigenvalue weighted by Gasteiger charge is 2.27. The lowest BCUT2D eigenvalue weighted by Gasteiger charge is -2.25. The van der Waals surface area contributed by atoms with E-state index in [1.54, 1.807) is 28.1 Å². The SMILES string of the molecule is COC(=O)c1c(C)[nH]c(C(=O)[C@@H](C)N(C)Cc2cccc(OC)c2OC)c1C. The number of nitrogens with one attached hydrogen (secondary N) is 1. The zero-order chi connectivity index (χ0) is 21.0. The molecule has 0 unspecified atom stereocenters. The number of H-pyrrole nitrogens is 1. The lowest BCUT2D eigenvalue weighted by molar-refractivity contribution is 0.0599. The maximum absolute atomic E-state index is 13.1. The number of nitrogens with zero attached hydrogens (tertiary/aromatic N) is 1. The van der Waals surface area contributed by atoms with E-state index in [1.807, 2.05) is 37.1 Å². The number of rotatable bonds is 8. The van der Waals surface area contributed by atoms with Crippen LogP contribution in [0.25, 0.3) is 0 Å². The van der Waals surface area contributed by atoms with E-state index < -0.39 is 12.0 Å². The molecule has 0 saturated carbocycles. The third-order valence-electron chi connectivity index (χ3n) is 5.02. The Balaban J connectivity index is 2.26. The van der Waals surface area contributed by atoms with Gasteiger partial charge in [0.25, 0.3) is 0 Å². The fraction of sp³-hybridized carbons (Fsp3) is 0.429. The molecule has 0 amide bonds. The van der Waals surface area contributed by atoms with Crippen LogP contribution >= 0.6 is 0 Å². The Morgan fingerprint density at radius 2 is 1.82 bits per heavy atom. The number of aromatic nitrogens is 1. The summed E-state index contributed by atoms with van der Waals surface area (Å²) in [7, 11) is 6.38. The average Bonchev–Trinajstić information content (AvgIpc) is 2.99. The van der Waals surface area contributed by atoms with Crippen molar-refractivity contribution in [3.05, 3.63) is 46.3 Å². The van der Waals surface area contributed by atoms with Crippen LogP contribution in [0.2, 0.25) is 0 Å². The molecular weight excluding hydrogens is 360 g/mol. The summed E-state index contributed by atoms with van der Waals surface area (Å²) in [4.78, 5) is 30.0. The van der Waals surface area contributed by atoms with Crippen LogP contribution in [-0.4, -0.2) is 56.1 Å². The molecule has 28 heavy (non-hydrogen) atoms. The number of methoxy groups -OCH3 is 3. The van der Waals surface area contributed by atoms with Crippen LogP contribution < -0.4 is 9.47 Å². The first-order chi connectivity index (χ1) is 13.3. The van der Waals surface area contributed by atoms with Crippen molar-refractivity contribution < 1.29 is 23.8 Å². The molecule has 1 N–H and O–H groups in total. The molecule has 0 aliphatic rings. The molecule has 1 heterocycles. The first-order valence-electron chi connectivity index (χ1n) is 8.98. The van der Waals surface area contributed by atoms with Gasteiger partial charge in [0.05, 0.1) is 38.6 Å². The number of esters is 1. The summed E-state index contributed by atoms with van der Waals surface area (Å²) < 4.78 is 15.6. The van der Waals surface area contributed by atoms with Gasteiger partial charge < -0.3 is 19.2 Å². The van der Waals surface area contributed by atoms with Crippen LogP contribution in [0.1, 0.15) is 44.6 Å². The molecule has 0 aliphatic carbocycles. The van der Waals surface area contributed by atoms with Gasteiger partial charge in [-0.1, -0.05) is 12.1 Å². The van der Waals surface area contributed by atoms with Gasteiger partial charge in [0.1, 0.15) is 0 Å². The van der Waals surface area contributed by atoms with E-state index in [-0.39, 0.29) is 5.78 Å². The third-order valence-corrected chi connectivity index (χ3v) is 5.02. The Morgan fingerprint density at radius 3 is 2.39 bits per heavy atom. The second-order valence-corrected chi connectivity index (χ2v) is 6.72. The van der Waals surface area contributed by atoms with Crippen molar-refractivity contribution in [1.82, 2.24) is 9.88 Å². The van der Waals surface area contributed by atoms with Gasteiger partial charge in [-0.15, -0.1) is 0 Å². The normalized spacial score (nSPS) is 12.0. The van der Waals surface area contributed by atoms with Crippen molar-refractivity contribution in [2.24, 2.45) is 0 Å². The fourth-order valence-electron chi connectivity index (χ4n) is 3.30. The number of ketones is 1. The topological polar surface area (TPSA) is 80.9 Å². The Kier molecular flexibility index (Phi) is 6.85. The van der Waals surface area contributed by atoms with E-state index >= 15 is 0 Å². The molecule has 0 spiro atoms. The second-order valence-electron chi connectivity index (χ2n) is 6.72. The Labute approximate surface area is 165 Å². The Bertz CT molecular complexity index is 872. The summed E-state index contributed by atoms with van der Waals surface area (Å²) in [5, 5.41) is 0. The van der Waals surface area contributed by atoms with E-state index in [0.29, 0.717) is 40.6 Å². The number of carbonyl (C=O) groups is 2. The van der Waals surface area contributed by atoms with Gasteiger partial charge in [0.2, 0.25) is 0 Å². The minimum Gasteiger partial charge on any atom is -0.493 e. The molecule has 0 radical (unpaired) electrons. The Hall–Kier alpha value is -2.80. The van der Waals surface area contributed by atoms with Gasteiger partial charge in [-0.05, 0) is 39.4 Å². The number of aromatic amines is 1. The highest BCUT2D eigenvalue weighted by molar-refractivity contribution is 6.03. The lowest BCUT2D eigenvalue weighted by atomic mass is 10.0. The minimum absolute atomic E-state index is 0.0971. The summed E-state index contributed by atoms with van der Waals surface area (Å²) in [6.45, 7) is 5.84. The maximum Gasteiger partial charge on any atom is 0.339 e. The number of benzene rings is 1. The summed E-state index contributed by atoms with van der Waals surface area (Å²) in [5.74, 6) is 0.745. The van der Waals surface area contributed by atoms with Crippen molar-refractivity contribution in [1.29, 1.82) is 0 Å². The lowest BCUT2D eigenvalue weighted by Crippen LogP contribution is -2.36. The van der Waals surface area contributed by atoms with E-state index in [9.17, 15) is 9.59 Å². The maximum atomic E-state index is 13.1. The van der Waals surface area contributed by atoms with Crippen LogP contribution in [0.15, 0.2) is 18.2 Å². The number of hydrogen-bond donors (Lipinski definition) is 1. The van der Waals surface area contributed by atoms with E-state index in [2.05, 4.69) is 4.98 Å². The van der Waals surface area contributed by atoms with Crippen molar-refractivity contribution in [3.63, 3.8) is 0 Å². The number of aryl methyl sites for hydroxylation is 1. The van der Waals surface area contributed by atoms with Crippen LogP contribution in [0.4, 0.5) is 0 Å². The zero-order valence-electron chi connectivity index (χ0n) is 17.5. The molecule has 0 saturated heterocycles. The predicted octanol–water partition coefficient (Wildman–Crippen LogP) is 3.14. The van der Waals surface area contributed by atoms with E-state index in [0.717, 1.165) is 5.56 Å². The first-order valence-corrected chi connectivity index (χ1v) is 8.98.